The summed E-state index contributed by atoms with van der Waals surface area (Å²) in [6, 6.07) is 5.75. The number of hydrogen-bond acceptors (Lipinski definition) is 3. The fourth-order valence-electron chi connectivity index (χ4n) is 2.41. The van der Waals surface area contributed by atoms with E-state index in [-0.39, 0.29) is 6.04 Å². The lowest BCUT2D eigenvalue weighted by Gasteiger charge is -2.34. The molecule has 0 radical (unpaired) electrons. The molecule has 1 saturated heterocycles. The van der Waals surface area contributed by atoms with Gasteiger partial charge in [0.25, 0.3) is 0 Å². The molecule has 0 saturated carbocycles. The smallest absolute Gasteiger partial charge is 0.0439 e. The molecule has 1 fully saturated rings. The zero-order valence-corrected chi connectivity index (χ0v) is 14.1. The molecule has 106 valence electrons. The van der Waals surface area contributed by atoms with Crippen LogP contribution in [0.25, 0.3) is 0 Å². The quantitative estimate of drug-likeness (QED) is 0.877. The van der Waals surface area contributed by atoms with Crippen LogP contribution in [-0.4, -0.2) is 28.0 Å². The van der Waals surface area contributed by atoms with Crippen LogP contribution in [0.2, 0.25) is 10.0 Å². The molecule has 0 spiro atoms. The lowest BCUT2D eigenvalue weighted by Crippen LogP contribution is -2.43. The maximum Gasteiger partial charge on any atom is 0.0439 e. The molecule has 1 aliphatic heterocycles. The van der Waals surface area contributed by atoms with E-state index in [1.807, 2.05) is 30.0 Å². The molecule has 5 heteroatoms. The second kappa shape index (κ2) is 7.46. The number of nitrogens with two attached hydrogens (primary N) is 1. The minimum Gasteiger partial charge on any atom is -0.326 e. The highest BCUT2D eigenvalue weighted by Gasteiger charge is 2.30. The minimum absolute atomic E-state index is 0.138. The molecule has 2 rings (SSSR count). The summed E-state index contributed by atoms with van der Waals surface area (Å²) in [6.45, 7) is 2.25. The van der Waals surface area contributed by atoms with Gasteiger partial charge < -0.3 is 5.73 Å². The van der Waals surface area contributed by atoms with Gasteiger partial charge in [-0.2, -0.15) is 23.5 Å². The molecule has 1 aromatic rings. The molecule has 2 N–H and O–H groups in total. The van der Waals surface area contributed by atoms with Gasteiger partial charge in [-0.05, 0) is 36.6 Å². The van der Waals surface area contributed by atoms with Crippen molar-refractivity contribution < 1.29 is 0 Å². The minimum atomic E-state index is 0.138. The maximum absolute atomic E-state index is 6.43. The monoisotopic (exact) mass is 335 g/mol. The summed E-state index contributed by atoms with van der Waals surface area (Å²) in [7, 11) is 0. The van der Waals surface area contributed by atoms with Crippen molar-refractivity contribution in [1.29, 1.82) is 0 Å². The Balaban J connectivity index is 2.06. The molecule has 3 atom stereocenters. The molecule has 1 aliphatic rings. The predicted molar refractivity (Wildman–Crippen MR) is 90.9 cm³/mol. The van der Waals surface area contributed by atoms with E-state index in [0.29, 0.717) is 10.5 Å². The molecule has 0 aliphatic carbocycles. The van der Waals surface area contributed by atoms with Crippen LogP contribution >= 0.6 is 46.7 Å². The van der Waals surface area contributed by atoms with Crippen molar-refractivity contribution in [2.45, 2.75) is 36.3 Å². The summed E-state index contributed by atoms with van der Waals surface area (Å²) >= 11 is 16.3. The summed E-state index contributed by atoms with van der Waals surface area (Å²) in [5, 5.41) is 2.66. The Labute approximate surface area is 134 Å². The lowest BCUT2D eigenvalue weighted by atomic mass is 10.0. The van der Waals surface area contributed by atoms with Crippen molar-refractivity contribution in [2.75, 3.05) is 11.5 Å². The zero-order valence-electron chi connectivity index (χ0n) is 10.9. The standard InChI is InChI=1S/C14H19Cl2NS2/c1-2-13-14(19-6-5-18-13)12(17)8-9-7-10(15)3-4-11(9)16/h3-4,7,12-14H,2,5-6,8,17H2,1H3. The topological polar surface area (TPSA) is 26.0 Å². The third-order valence-corrected chi connectivity index (χ3v) is 7.41. The van der Waals surface area contributed by atoms with Gasteiger partial charge in [-0.1, -0.05) is 30.1 Å². The van der Waals surface area contributed by atoms with Crippen LogP contribution in [0.1, 0.15) is 18.9 Å². The van der Waals surface area contributed by atoms with E-state index in [9.17, 15) is 0 Å². The molecule has 3 unspecified atom stereocenters. The first kappa shape index (κ1) is 15.8. The first-order valence-electron chi connectivity index (χ1n) is 6.54. The number of halogens is 2. The fraction of sp³-hybridized carbons (Fsp3) is 0.571. The molecule has 0 amide bonds. The highest BCUT2D eigenvalue weighted by atomic mass is 35.5. The zero-order chi connectivity index (χ0) is 13.8. The van der Waals surface area contributed by atoms with Crippen molar-refractivity contribution >= 4 is 46.7 Å². The highest BCUT2D eigenvalue weighted by Crippen LogP contribution is 2.36. The Bertz CT molecular complexity index is 428. The SMILES string of the molecule is CCC1SCCSC1C(N)Cc1cc(Cl)ccc1Cl. The lowest BCUT2D eigenvalue weighted by molar-refractivity contribution is 0.597. The van der Waals surface area contributed by atoms with E-state index in [2.05, 4.69) is 18.7 Å². The van der Waals surface area contributed by atoms with Crippen LogP contribution in [0.15, 0.2) is 18.2 Å². The van der Waals surface area contributed by atoms with Crippen LogP contribution in [-0.2, 0) is 6.42 Å². The second-order valence-corrected chi connectivity index (χ2v) is 8.23. The Morgan fingerprint density at radius 2 is 2.05 bits per heavy atom. The van der Waals surface area contributed by atoms with Gasteiger partial charge in [0.05, 0.1) is 0 Å². The molecular weight excluding hydrogens is 317 g/mol. The Hall–Kier alpha value is 0.460. The normalized spacial score (nSPS) is 25.3. The van der Waals surface area contributed by atoms with Gasteiger partial charge in [0.1, 0.15) is 0 Å². The number of benzene rings is 1. The van der Waals surface area contributed by atoms with E-state index >= 15 is 0 Å². The van der Waals surface area contributed by atoms with E-state index in [1.54, 1.807) is 0 Å². The predicted octanol–water partition coefficient (Wildman–Crippen LogP) is 4.49. The molecule has 1 aromatic carbocycles. The third-order valence-electron chi connectivity index (χ3n) is 3.38. The molecule has 1 nitrogen and oxygen atoms in total. The van der Waals surface area contributed by atoms with Gasteiger partial charge in [0, 0.05) is 38.1 Å². The van der Waals surface area contributed by atoms with Crippen LogP contribution in [0, 0.1) is 0 Å². The van der Waals surface area contributed by atoms with Gasteiger partial charge in [0.2, 0.25) is 0 Å². The largest absolute Gasteiger partial charge is 0.326 e. The van der Waals surface area contributed by atoms with Gasteiger partial charge in [0.15, 0.2) is 0 Å². The molecule has 19 heavy (non-hydrogen) atoms. The van der Waals surface area contributed by atoms with E-state index in [0.717, 1.165) is 22.0 Å². The van der Waals surface area contributed by atoms with Gasteiger partial charge in [-0.15, -0.1) is 0 Å². The first-order valence-corrected chi connectivity index (χ1v) is 9.40. The van der Waals surface area contributed by atoms with E-state index < -0.39 is 0 Å². The Morgan fingerprint density at radius 1 is 1.32 bits per heavy atom. The summed E-state index contributed by atoms with van der Waals surface area (Å²) in [5.74, 6) is 2.44. The number of hydrogen-bond donors (Lipinski definition) is 1. The molecule has 0 bridgehead atoms. The molecular formula is C14H19Cl2NS2. The van der Waals surface area contributed by atoms with Crippen molar-refractivity contribution in [2.24, 2.45) is 5.73 Å². The average molecular weight is 336 g/mol. The van der Waals surface area contributed by atoms with Gasteiger partial charge in [-0.25, -0.2) is 0 Å². The van der Waals surface area contributed by atoms with Crippen molar-refractivity contribution in [1.82, 2.24) is 0 Å². The van der Waals surface area contributed by atoms with Crippen LogP contribution in [0.3, 0.4) is 0 Å². The fourth-order valence-corrected chi connectivity index (χ4v) is 5.99. The van der Waals surface area contributed by atoms with Crippen molar-refractivity contribution in [3.8, 4) is 0 Å². The van der Waals surface area contributed by atoms with Crippen LogP contribution < -0.4 is 5.73 Å². The van der Waals surface area contributed by atoms with Crippen molar-refractivity contribution in [3.63, 3.8) is 0 Å². The Morgan fingerprint density at radius 3 is 2.79 bits per heavy atom. The summed E-state index contributed by atoms with van der Waals surface area (Å²) < 4.78 is 0. The summed E-state index contributed by atoms with van der Waals surface area (Å²) in [6.07, 6.45) is 1.98. The third kappa shape index (κ3) is 4.21. The van der Waals surface area contributed by atoms with Crippen molar-refractivity contribution in [3.05, 3.63) is 33.8 Å². The first-order chi connectivity index (χ1) is 9.11. The molecule has 0 aromatic heterocycles. The van der Waals surface area contributed by atoms with Gasteiger partial charge >= 0.3 is 0 Å². The number of rotatable bonds is 4. The van der Waals surface area contributed by atoms with Crippen LogP contribution in [0.5, 0.6) is 0 Å². The van der Waals surface area contributed by atoms with Crippen LogP contribution in [0.4, 0.5) is 0 Å². The molecule has 1 heterocycles. The Kier molecular flexibility index (Phi) is 6.22. The second-order valence-electron chi connectivity index (χ2n) is 4.76. The van der Waals surface area contributed by atoms with E-state index in [1.165, 1.54) is 17.9 Å². The van der Waals surface area contributed by atoms with Gasteiger partial charge in [-0.3, -0.25) is 0 Å². The summed E-state index contributed by atoms with van der Waals surface area (Å²) in [4.78, 5) is 0. The summed E-state index contributed by atoms with van der Waals surface area (Å²) in [5.41, 5.74) is 7.49. The number of thioether (sulfide) groups is 2. The average Bonchev–Trinajstić information content (AvgIpc) is 2.42. The maximum atomic E-state index is 6.43. The van der Waals surface area contributed by atoms with E-state index in [4.69, 9.17) is 28.9 Å². The highest BCUT2D eigenvalue weighted by molar-refractivity contribution is 8.07.